The van der Waals surface area contributed by atoms with Crippen molar-refractivity contribution in [3.63, 3.8) is 0 Å². The normalized spacial score (nSPS) is 21.8. The molecule has 0 unspecified atom stereocenters. The fourth-order valence-electron chi connectivity index (χ4n) is 4.72. The highest BCUT2D eigenvalue weighted by Crippen LogP contribution is 2.44. The number of nitrogens with one attached hydrogen (secondary N) is 1. The molecule has 0 aromatic heterocycles. The van der Waals surface area contributed by atoms with Gasteiger partial charge in [-0.2, -0.15) is 0 Å². The Balaban J connectivity index is 1.81. The van der Waals surface area contributed by atoms with Gasteiger partial charge in [-0.1, -0.05) is 49.6 Å². The summed E-state index contributed by atoms with van der Waals surface area (Å²) < 4.78 is 0. The largest absolute Gasteiger partial charge is 0.508 e. The van der Waals surface area contributed by atoms with Gasteiger partial charge in [0.1, 0.15) is 5.75 Å². The van der Waals surface area contributed by atoms with Crippen LogP contribution in [0.1, 0.15) is 43.7 Å². The predicted octanol–water partition coefficient (Wildman–Crippen LogP) is 4.07. The molecule has 1 heterocycles. The monoisotopic (exact) mass is 324 g/mol. The molecule has 1 saturated heterocycles. The molecule has 0 radical (unpaired) electrons. The van der Waals surface area contributed by atoms with Crippen LogP contribution < -0.4 is 5.32 Å². The maximum Gasteiger partial charge on any atom is 0.121 e. The van der Waals surface area contributed by atoms with E-state index in [4.69, 9.17) is 0 Å². The highest BCUT2D eigenvalue weighted by atomic mass is 16.3. The molecule has 2 aromatic rings. The third kappa shape index (κ3) is 3.03. The van der Waals surface area contributed by atoms with Gasteiger partial charge in [0.25, 0.3) is 0 Å². The Morgan fingerprint density at radius 3 is 2.50 bits per heavy atom. The summed E-state index contributed by atoms with van der Waals surface area (Å²) in [5.74, 6) is 1.14. The van der Waals surface area contributed by atoms with Crippen LogP contribution in [0.25, 0.3) is 10.8 Å². The number of phenols is 1. The molecule has 3 nitrogen and oxygen atoms in total. The molecular formula is C21H28N2O. The maximum absolute atomic E-state index is 10.8. The van der Waals surface area contributed by atoms with Crippen LogP contribution in [0.15, 0.2) is 36.4 Å². The van der Waals surface area contributed by atoms with Crippen molar-refractivity contribution in [2.24, 2.45) is 5.92 Å². The molecule has 0 amide bonds. The van der Waals surface area contributed by atoms with Crippen molar-refractivity contribution in [2.45, 2.75) is 38.1 Å². The molecule has 128 valence electrons. The van der Waals surface area contributed by atoms with Crippen molar-refractivity contribution >= 4 is 10.8 Å². The molecule has 0 spiro atoms. The number of benzene rings is 2. The highest BCUT2D eigenvalue weighted by molar-refractivity contribution is 5.88. The number of nitrogens with zero attached hydrogens (tertiary/aromatic N) is 1. The summed E-state index contributed by atoms with van der Waals surface area (Å²) in [4.78, 5) is 2.62. The average Bonchev–Trinajstić information content (AvgIpc) is 2.66. The summed E-state index contributed by atoms with van der Waals surface area (Å²) in [5.41, 5.74) is 1.17. The molecule has 3 heteroatoms. The van der Waals surface area contributed by atoms with E-state index in [-0.39, 0.29) is 0 Å². The number of aromatic hydroxyl groups is 1. The molecule has 1 aliphatic heterocycles. The van der Waals surface area contributed by atoms with E-state index in [9.17, 15) is 5.11 Å². The third-order valence-corrected chi connectivity index (χ3v) is 5.88. The molecule has 0 bridgehead atoms. The number of hydrogen-bond acceptors (Lipinski definition) is 3. The fourth-order valence-corrected chi connectivity index (χ4v) is 4.72. The molecule has 24 heavy (non-hydrogen) atoms. The van der Waals surface area contributed by atoms with Gasteiger partial charge >= 0.3 is 0 Å². The van der Waals surface area contributed by atoms with E-state index in [2.05, 4.69) is 34.5 Å². The van der Waals surface area contributed by atoms with Crippen molar-refractivity contribution in [1.82, 2.24) is 10.2 Å². The first kappa shape index (κ1) is 15.9. The number of phenolic OH excluding ortho intramolecular Hbond substituents is 1. The molecule has 1 aliphatic carbocycles. The summed E-state index contributed by atoms with van der Waals surface area (Å²) in [7, 11) is 0. The smallest absolute Gasteiger partial charge is 0.121 e. The number of rotatable bonds is 3. The topological polar surface area (TPSA) is 35.5 Å². The first-order chi connectivity index (χ1) is 11.8. The first-order valence-electron chi connectivity index (χ1n) is 9.50. The van der Waals surface area contributed by atoms with Crippen molar-refractivity contribution in [3.8, 4) is 5.75 Å². The van der Waals surface area contributed by atoms with Crippen molar-refractivity contribution in [3.05, 3.63) is 42.0 Å². The van der Waals surface area contributed by atoms with E-state index in [0.717, 1.165) is 26.2 Å². The summed E-state index contributed by atoms with van der Waals surface area (Å²) in [6, 6.07) is 12.8. The second-order valence-electron chi connectivity index (χ2n) is 7.35. The maximum atomic E-state index is 10.8. The Morgan fingerprint density at radius 1 is 0.958 bits per heavy atom. The van der Waals surface area contributed by atoms with Crippen LogP contribution in [0.4, 0.5) is 0 Å². The summed E-state index contributed by atoms with van der Waals surface area (Å²) in [6.45, 7) is 4.25. The van der Waals surface area contributed by atoms with Gasteiger partial charge in [-0.25, -0.2) is 0 Å². The second kappa shape index (κ2) is 7.12. The fraction of sp³-hybridized carbons (Fsp3) is 0.524. The van der Waals surface area contributed by atoms with Crippen LogP contribution in [-0.4, -0.2) is 36.2 Å². The molecule has 1 atom stereocenters. The van der Waals surface area contributed by atoms with Gasteiger partial charge in [0, 0.05) is 37.8 Å². The molecule has 1 saturated carbocycles. The quantitative estimate of drug-likeness (QED) is 0.893. The third-order valence-electron chi connectivity index (χ3n) is 5.88. The zero-order valence-electron chi connectivity index (χ0n) is 14.4. The van der Waals surface area contributed by atoms with Crippen LogP contribution in [0.5, 0.6) is 5.75 Å². The lowest BCUT2D eigenvalue weighted by Gasteiger charge is -2.41. The Bertz CT molecular complexity index is 669. The number of piperazine rings is 1. The van der Waals surface area contributed by atoms with E-state index < -0.39 is 0 Å². The average molecular weight is 324 g/mol. The SMILES string of the molecule is Oc1ccc2ccccc2c1[C@@H](C1CCCCC1)N1CCNCC1. The van der Waals surface area contributed by atoms with E-state index in [1.807, 2.05) is 12.1 Å². The van der Waals surface area contributed by atoms with E-state index in [1.165, 1.54) is 48.4 Å². The summed E-state index contributed by atoms with van der Waals surface area (Å²) in [5, 5.41) is 16.7. The lowest BCUT2D eigenvalue weighted by molar-refractivity contribution is 0.102. The Hall–Kier alpha value is -1.58. The zero-order valence-corrected chi connectivity index (χ0v) is 14.4. The lowest BCUT2D eigenvalue weighted by Crippen LogP contribution is -2.47. The zero-order chi connectivity index (χ0) is 16.4. The van der Waals surface area contributed by atoms with Gasteiger partial charge < -0.3 is 10.4 Å². The Labute approximate surface area is 144 Å². The minimum atomic E-state index is 0.346. The van der Waals surface area contributed by atoms with Gasteiger partial charge in [-0.3, -0.25) is 4.90 Å². The number of hydrogen-bond donors (Lipinski definition) is 2. The second-order valence-corrected chi connectivity index (χ2v) is 7.35. The van der Waals surface area contributed by atoms with E-state index in [1.54, 1.807) is 0 Å². The van der Waals surface area contributed by atoms with E-state index >= 15 is 0 Å². The molecule has 2 aliphatic rings. The van der Waals surface area contributed by atoms with Crippen molar-refractivity contribution in [2.75, 3.05) is 26.2 Å². The van der Waals surface area contributed by atoms with Gasteiger partial charge in [-0.05, 0) is 35.6 Å². The van der Waals surface area contributed by atoms with Crippen molar-refractivity contribution in [1.29, 1.82) is 0 Å². The Kier molecular flexibility index (Phi) is 4.72. The van der Waals surface area contributed by atoms with Crippen LogP contribution >= 0.6 is 0 Å². The summed E-state index contributed by atoms with van der Waals surface area (Å²) >= 11 is 0. The highest BCUT2D eigenvalue weighted by Gasteiger charge is 2.33. The molecule has 4 rings (SSSR count). The first-order valence-corrected chi connectivity index (χ1v) is 9.50. The molecule has 2 aromatic carbocycles. The predicted molar refractivity (Wildman–Crippen MR) is 99.4 cm³/mol. The molecule has 2 fully saturated rings. The van der Waals surface area contributed by atoms with Crippen LogP contribution in [-0.2, 0) is 0 Å². The number of fused-ring (bicyclic) bond motifs is 1. The van der Waals surface area contributed by atoms with Crippen LogP contribution in [0.3, 0.4) is 0 Å². The van der Waals surface area contributed by atoms with Crippen molar-refractivity contribution < 1.29 is 5.11 Å². The van der Waals surface area contributed by atoms with Crippen LogP contribution in [0, 0.1) is 5.92 Å². The minimum Gasteiger partial charge on any atom is -0.508 e. The molecule has 2 N–H and O–H groups in total. The lowest BCUT2D eigenvalue weighted by atomic mass is 9.78. The minimum absolute atomic E-state index is 0.346. The summed E-state index contributed by atoms with van der Waals surface area (Å²) in [6.07, 6.45) is 6.61. The van der Waals surface area contributed by atoms with Gasteiger partial charge in [-0.15, -0.1) is 0 Å². The van der Waals surface area contributed by atoms with E-state index in [0.29, 0.717) is 17.7 Å². The van der Waals surface area contributed by atoms with Gasteiger partial charge in [0.2, 0.25) is 0 Å². The standard InChI is InChI=1S/C21H28N2O/c24-19-11-10-16-6-4-5-9-18(16)20(19)21(17-7-2-1-3-8-17)23-14-12-22-13-15-23/h4-6,9-11,17,21-22,24H,1-3,7-8,12-15H2/t21-/m1/s1. The van der Waals surface area contributed by atoms with Crippen LogP contribution in [0.2, 0.25) is 0 Å². The molecular weight excluding hydrogens is 296 g/mol. The Morgan fingerprint density at radius 2 is 1.71 bits per heavy atom. The van der Waals surface area contributed by atoms with Gasteiger partial charge in [0.15, 0.2) is 0 Å². The van der Waals surface area contributed by atoms with Gasteiger partial charge in [0.05, 0.1) is 0 Å².